The maximum Gasteiger partial charge on any atom is 0.310 e. The molecule has 0 amide bonds. The smallest absolute Gasteiger partial charge is 0.310 e. The molecule has 0 heterocycles. The minimum absolute atomic E-state index is 0.0198. The number of benzene rings is 1. The number of carbonyl (C=O) groups is 3. The first-order valence-electron chi connectivity index (χ1n) is 14.3. The predicted octanol–water partition coefficient (Wildman–Crippen LogP) is 7.31. The lowest BCUT2D eigenvalue weighted by molar-refractivity contribution is -0.167. The second kappa shape index (κ2) is 15.3. The van der Waals surface area contributed by atoms with E-state index in [1.54, 1.807) is 12.1 Å². The van der Waals surface area contributed by atoms with E-state index in [2.05, 4.69) is 0 Å². The highest BCUT2D eigenvalue weighted by Crippen LogP contribution is 2.28. The van der Waals surface area contributed by atoms with E-state index in [4.69, 9.17) is 14.2 Å². The predicted molar refractivity (Wildman–Crippen MR) is 153 cm³/mol. The molecule has 39 heavy (non-hydrogen) atoms. The van der Waals surface area contributed by atoms with Crippen molar-refractivity contribution in [1.29, 1.82) is 0 Å². The first-order chi connectivity index (χ1) is 17.8. The van der Waals surface area contributed by atoms with Gasteiger partial charge in [-0.3, -0.25) is 14.4 Å². The van der Waals surface area contributed by atoms with Gasteiger partial charge in [-0.15, -0.1) is 0 Å². The van der Waals surface area contributed by atoms with Crippen LogP contribution in [0.25, 0.3) is 0 Å². The number of rotatable bonds is 14. The monoisotopic (exact) mass is 548 g/mol. The van der Waals surface area contributed by atoms with Gasteiger partial charge in [-0.2, -0.15) is 0 Å². The third-order valence-electron chi connectivity index (χ3n) is 5.87. The highest BCUT2D eigenvalue weighted by molar-refractivity contribution is 5.80. The number of phenols is 1. The molecule has 0 saturated carbocycles. The van der Waals surface area contributed by atoms with Crippen LogP contribution >= 0.6 is 0 Å². The van der Waals surface area contributed by atoms with E-state index in [1.165, 1.54) is 0 Å². The number of aromatic hydroxyl groups is 1. The molecule has 0 bridgehead atoms. The van der Waals surface area contributed by atoms with Crippen molar-refractivity contribution < 1.29 is 33.7 Å². The van der Waals surface area contributed by atoms with Crippen LogP contribution in [0, 0.1) is 11.8 Å². The van der Waals surface area contributed by atoms with Crippen molar-refractivity contribution in [3.8, 4) is 5.75 Å². The van der Waals surface area contributed by atoms with E-state index < -0.39 is 28.7 Å². The summed E-state index contributed by atoms with van der Waals surface area (Å²) < 4.78 is 16.5. The molecule has 0 saturated heterocycles. The number of esters is 3. The fourth-order valence-electron chi connectivity index (χ4n) is 4.30. The Hall–Kier alpha value is -2.57. The summed E-state index contributed by atoms with van der Waals surface area (Å²) in [5.41, 5.74) is -0.650. The molecule has 7 heteroatoms. The summed E-state index contributed by atoms with van der Waals surface area (Å²) in [6.07, 6.45) is 5.94. The lowest BCUT2D eigenvalue weighted by Crippen LogP contribution is -2.32. The van der Waals surface area contributed by atoms with E-state index in [-0.39, 0.29) is 30.0 Å². The quantitative estimate of drug-likeness (QED) is 0.148. The topological polar surface area (TPSA) is 99.1 Å². The Morgan fingerprint density at radius 3 is 1.77 bits per heavy atom. The van der Waals surface area contributed by atoms with Crippen LogP contribution in [0.2, 0.25) is 0 Å². The summed E-state index contributed by atoms with van der Waals surface area (Å²) in [7, 11) is 0. The van der Waals surface area contributed by atoms with Crippen LogP contribution in [-0.2, 0) is 35.0 Å². The molecule has 0 spiro atoms. The average molecular weight is 549 g/mol. The second-order valence-corrected chi connectivity index (χ2v) is 13.5. The van der Waals surface area contributed by atoms with Crippen LogP contribution in [0.3, 0.4) is 0 Å². The van der Waals surface area contributed by atoms with E-state index >= 15 is 0 Å². The SMILES string of the molecule is CC(C)(C)OC(=O)CCCCCC(CCC(CC(=O)OC(C)(C)C)C(=O)OC(C)(C)C)Cc1ccc(O)cc1. The van der Waals surface area contributed by atoms with Gasteiger partial charge in [0, 0.05) is 6.42 Å². The van der Waals surface area contributed by atoms with Crippen molar-refractivity contribution in [2.24, 2.45) is 11.8 Å². The minimum Gasteiger partial charge on any atom is -0.508 e. The highest BCUT2D eigenvalue weighted by Gasteiger charge is 2.30. The van der Waals surface area contributed by atoms with E-state index in [0.29, 0.717) is 12.8 Å². The molecule has 0 radical (unpaired) electrons. The van der Waals surface area contributed by atoms with Gasteiger partial charge in [-0.1, -0.05) is 31.4 Å². The first kappa shape index (κ1) is 34.5. The standard InChI is InChI=1S/C32H52O7/c1-30(2,3)37-27(34)14-12-10-11-13-23(21-24-16-19-26(33)20-17-24)15-18-25(29(36)39-32(7,8)9)22-28(35)38-31(4,5)6/h16-17,19-20,23,25,33H,10-15,18,21-22H2,1-9H3. The van der Waals surface area contributed by atoms with Gasteiger partial charge in [0.1, 0.15) is 22.6 Å². The van der Waals surface area contributed by atoms with E-state index in [1.807, 2.05) is 74.4 Å². The molecule has 7 nitrogen and oxygen atoms in total. The molecule has 1 aromatic rings. The highest BCUT2D eigenvalue weighted by atomic mass is 16.6. The van der Waals surface area contributed by atoms with Crippen molar-refractivity contribution in [1.82, 2.24) is 0 Å². The van der Waals surface area contributed by atoms with Crippen LogP contribution in [0.4, 0.5) is 0 Å². The number of hydrogen-bond acceptors (Lipinski definition) is 7. The zero-order valence-electron chi connectivity index (χ0n) is 25.7. The van der Waals surface area contributed by atoms with Crippen molar-refractivity contribution in [3.63, 3.8) is 0 Å². The van der Waals surface area contributed by atoms with Gasteiger partial charge in [-0.25, -0.2) is 0 Å². The van der Waals surface area contributed by atoms with Crippen LogP contribution in [0.15, 0.2) is 24.3 Å². The Morgan fingerprint density at radius 2 is 1.23 bits per heavy atom. The van der Waals surface area contributed by atoms with Gasteiger partial charge in [0.2, 0.25) is 0 Å². The molecular formula is C32H52O7. The first-order valence-corrected chi connectivity index (χ1v) is 14.3. The van der Waals surface area contributed by atoms with Crippen LogP contribution in [0.1, 0.15) is 119 Å². The zero-order chi connectivity index (χ0) is 29.9. The molecule has 2 atom stereocenters. The molecule has 0 fully saturated rings. The molecule has 0 aliphatic rings. The maximum absolute atomic E-state index is 13.0. The van der Waals surface area contributed by atoms with Crippen molar-refractivity contribution in [3.05, 3.63) is 29.8 Å². The van der Waals surface area contributed by atoms with Gasteiger partial charge in [0.25, 0.3) is 0 Å². The van der Waals surface area contributed by atoms with Crippen LogP contribution in [0.5, 0.6) is 5.75 Å². The Morgan fingerprint density at radius 1 is 0.692 bits per heavy atom. The van der Waals surface area contributed by atoms with Crippen molar-refractivity contribution >= 4 is 17.9 Å². The van der Waals surface area contributed by atoms with Crippen LogP contribution < -0.4 is 0 Å². The third-order valence-corrected chi connectivity index (χ3v) is 5.87. The number of unbranched alkanes of at least 4 members (excludes halogenated alkanes) is 2. The van der Waals surface area contributed by atoms with Gasteiger partial charge in [0.05, 0.1) is 12.3 Å². The lowest BCUT2D eigenvalue weighted by atomic mass is 9.86. The van der Waals surface area contributed by atoms with Gasteiger partial charge < -0.3 is 19.3 Å². The number of phenolic OH excluding ortho intramolecular Hbond substituents is 1. The Kier molecular flexibility index (Phi) is 13.5. The van der Waals surface area contributed by atoms with E-state index in [0.717, 1.165) is 44.1 Å². The Balaban J connectivity index is 2.85. The molecule has 1 rings (SSSR count). The summed E-state index contributed by atoms with van der Waals surface area (Å²) in [5, 5.41) is 9.67. The molecule has 1 N–H and O–H groups in total. The fourth-order valence-corrected chi connectivity index (χ4v) is 4.30. The number of carbonyl (C=O) groups excluding carboxylic acids is 3. The maximum atomic E-state index is 13.0. The molecule has 1 aromatic carbocycles. The minimum atomic E-state index is -0.650. The molecule has 0 aliphatic heterocycles. The zero-order valence-corrected chi connectivity index (χ0v) is 25.7. The molecule has 0 aromatic heterocycles. The number of hydrogen-bond donors (Lipinski definition) is 1. The van der Waals surface area contributed by atoms with Crippen LogP contribution in [-0.4, -0.2) is 39.8 Å². The summed E-state index contributed by atoms with van der Waals surface area (Å²) in [5.74, 6) is -1.07. The second-order valence-electron chi connectivity index (χ2n) is 13.5. The average Bonchev–Trinajstić information content (AvgIpc) is 2.73. The van der Waals surface area contributed by atoms with Crippen molar-refractivity contribution in [2.75, 3.05) is 0 Å². The summed E-state index contributed by atoms with van der Waals surface area (Å²) >= 11 is 0. The Bertz CT molecular complexity index is 898. The fraction of sp³-hybridized carbons (Fsp3) is 0.719. The van der Waals surface area contributed by atoms with Crippen molar-refractivity contribution in [2.45, 2.75) is 137 Å². The van der Waals surface area contributed by atoms with Gasteiger partial charge in [-0.05, 0) is 112 Å². The lowest BCUT2D eigenvalue weighted by Gasteiger charge is -2.26. The van der Waals surface area contributed by atoms with E-state index in [9.17, 15) is 19.5 Å². The Labute approximate surface area is 236 Å². The summed E-state index contributed by atoms with van der Waals surface area (Å²) in [4.78, 5) is 37.6. The molecule has 2 unspecified atom stereocenters. The molecule has 222 valence electrons. The largest absolute Gasteiger partial charge is 0.508 e. The normalized spacial score (nSPS) is 13.9. The third kappa shape index (κ3) is 17.6. The summed E-state index contributed by atoms with van der Waals surface area (Å²) in [6, 6.07) is 7.19. The number of ether oxygens (including phenoxy) is 3. The molecular weight excluding hydrogens is 496 g/mol. The van der Waals surface area contributed by atoms with Gasteiger partial charge in [0.15, 0.2) is 0 Å². The molecule has 0 aliphatic carbocycles. The summed E-state index contributed by atoms with van der Waals surface area (Å²) in [6.45, 7) is 16.5. The van der Waals surface area contributed by atoms with Gasteiger partial charge >= 0.3 is 17.9 Å².